The highest BCUT2D eigenvalue weighted by atomic mass is 16.5. The van der Waals surface area contributed by atoms with Crippen LogP contribution < -0.4 is 4.74 Å². The van der Waals surface area contributed by atoms with Gasteiger partial charge in [-0.25, -0.2) is 0 Å². The molecule has 1 aromatic rings. The van der Waals surface area contributed by atoms with E-state index in [4.69, 9.17) is 4.74 Å². The van der Waals surface area contributed by atoms with Crippen molar-refractivity contribution in [3.63, 3.8) is 0 Å². The second-order valence-electron chi connectivity index (χ2n) is 6.56. The van der Waals surface area contributed by atoms with E-state index in [-0.39, 0.29) is 11.7 Å². The highest BCUT2D eigenvalue weighted by Crippen LogP contribution is 2.42. The van der Waals surface area contributed by atoms with Crippen LogP contribution in [0.25, 0.3) is 0 Å². The molecule has 0 aromatic heterocycles. The van der Waals surface area contributed by atoms with Gasteiger partial charge in [0, 0.05) is 18.5 Å². The Morgan fingerprint density at radius 3 is 2.95 bits per heavy atom. The van der Waals surface area contributed by atoms with Crippen molar-refractivity contribution in [3.8, 4) is 11.5 Å². The van der Waals surface area contributed by atoms with Gasteiger partial charge in [0.2, 0.25) is 0 Å². The lowest BCUT2D eigenvalue weighted by atomic mass is 9.75. The predicted octanol–water partition coefficient (Wildman–Crippen LogP) is 2.91. The molecule has 4 nitrogen and oxygen atoms in total. The van der Waals surface area contributed by atoms with Crippen LogP contribution in [0.15, 0.2) is 12.1 Å². The largest absolute Gasteiger partial charge is 0.504 e. The fraction of sp³-hybridized carbons (Fsp3) is 0.611. The summed E-state index contributed by atoms with van der Waals surface area (Å²) in [4.78, 5) is 14.0. The lowest BCUT2D eigenvalue weighted by Gasteiger charge is -2.45. The van der Waals surface area contributed by atoms with Gasteiger partial charge in [-0.15, -0.1) is 0 Å². The van der Waals surface area contributed by atoms with Crippen LogP contribution in [0.1, 0.15) is 44.2 Å². The molecule has 1 aliphatic heterocycles. The Kier molecular flexibility index (Phi) is 4.39. The third-order valence-corrected chi connectivity index (χ3v) is 5.02. The number of hydrogen-bond donors (Lipinski definition) is 1. The van der Waals surface area contributed by atoms with Gasteiger partial charge >= 0.3 is 5.97 Å². The first-order valence-corrected chi connectivity index (χ1v) is 8.36. The number of phenols is 1. The first kappa shape index (κ1) is 15.3. The van der Waals surface area contributed by atoms with Crippen LogP contribution in [0.4, 0.5) is 0 Å². The number of phenolic OH excluding ortho intramolecular Hbond substituents is 1. The van der Waals surface area contributed by atoms with E-state index in [9.17, 15) is 9.90 Å². The van der Waals surface area contributed by atoms with Crippen molar-refractivity contribution in [2.24, 2.45) is 5.92 Å². The number of carbonyl (C=O) groups excluding carboxylic acids is 1. The van der Waals surface area contributed by atoms with Crippen LogP contribution in [0.5, 0.6) is 11.5 Å². The maximum absolute atomic E-state index is 11.3. The van der Waals surface area contributed by atoms with Crippen molar-refractivity contribution < 1.29 is 14.6 Å². The Labute approximate surface area is 132 Å². The smallest absolute Gasteiger partial charge is 0.308 e. The summed E-state index contributed by atoms with van der Waals surface area (Å²) in [6.45, 7) is 5.97. The monoisotopic (exact) mass is 303 g/mol. The zero-order chi connectivity index (χ0) is 15.7. The van der Waals surface area contributed by atoms with E-state index < -0.39 is 0 Å². The van der Waals surface area contributed by atoms with Crippen molar-refractivity contribution in [2.45, 2.75) is 52.0 Å². The minimum absolute atomic E-state index is 0.0774. The number of benzene rings is 1. The zero-order valence-corrected chi connectivity index (χ0v) is 13.5. The summed E-state index contributed by atoms with van der Waals surface area (Å²) in [5.41, 5.74) is 2.26. The Morgan fingerprint density at radius 2 is 2.23 bits per heavy atom. The lowest BCUT2D eigenvalue weighted by Crippen LogP contribution is -2.49. The summed E-state index contributed by atoms with van der Waals surface area (Å²) in [5.74, 6) is 0.690. The minimum atomic E-state index is -0.373. The molecular formula is C18H25NO3. The van der Waals surface area contributed by atoms with Gasteiger partial charge in [-0.1, -0.05) is 13.0 Å². The molecule has 2 atom stereocenters. The lowest BCUT2D eigenvalue weighted by molar-refractivity contribution is -0.132. The van der Waals surface area contributed by atoms with Gasteiger partial charge in [0.05, 0.1) is 0 Å². The summed E-state index contributed by atoms with van der Waals surface area (Å²) in [7, 11) is 0. The van der Waals surface area contributed by atoms with Crippen molar-refractivity contribution >= 4 is 5.97 Å². The molecule has 0 unspecified atom stereocenters. The molecule has 0 radical (unpaired) electrons. The van der Waals surface area contributed by atoms with Gasteiger partial charge in [0.1, 0.15) is 0 Å². The molecule has 22 heavy (non-hydrogen) atoms. The van der Waals surface area contributed by atoms with Crippen LogP contribution in [-0.2, 0) is 17.6 Å². The normalized spacial score (nSPS) is 24.5. The molecule has 0 bridgehead atoms. The third-order valence-electron chi connectivity index (χ3n) is 5.02. The maximum atomic E-state index is 11.3. The Bertz CT molecular complexity index is 568. The number of ether oxygens (including phenoxy) is 1. The van der Waals surface area contributed by atoms with E-state index in [2.05, 4.69) is 11.8 Å². The van der Waals surface area contributed by atoms with Crippen LogP contribution in [0, 0.1) is 5.92 Å². The van der Waals surface area contributed by atoms with Gasteiger partial charge in [-0.2, -0.15) is 0 Å². The number of hydrogen-bond acceptors (Lipinski definition) is 4. The van der Waals surface area contributed by atoms with E-state index in [0.717, 1.165) is 24.9 Å². The molecule has 1 aliphatic carbocycles. The number of rotatable bonds is 3. The number of piperidine rings is 1. The van der Waals surface area contributed by atoms with Gasteiger partial charge in [0.25, 0.3) is 0 Å². The molecule has 120 valence electrons. The fourth-order valence-corrected chi connectivity index (χ4v) is 4.13. The average molecular weight is 303 g/mol. The van der Waals surface area contributed by atoms with Gasteiger partial charge < -0.3 is 9.84 Å². The molecule has 1 heterocycles. The second kappa shape index (κ2) is 6.29. The Morgan fingerprint density at radius 1 is 1.41 bits per heavy atom. The molecule has 1 N–H and O–H groups in total. The maximum Gasteiger partial charge on any atom is 0.308 e. The van der Waals surface area contributed by atoms with Gasteiger partial charge in [0.15, 0.2) is 11.5 Å². The zero-order valence-electron chi connectivity index (χ0n) is 13.5. The van der Waals surface area contributed by atoms with Crippen LogP contribution >= 0.6 is 0 Å². The average Bonchev–Trinajstić information content (AvgIpc) is 2.49. The van der Waals surface area contributed by atoms with Crippen molar-refractivity contribution in [1.29, 1.82) is 0 Å². The molecule has 2 aliphatic rings. The number of carbonyl (C=O) groups is 1. The Balaban J connectivity index is 1.92. The molecule has 0 saturated carbocycles. The van der Waals surface area contributed by atoms with E-state index >= 15 is 0 Å². The van der Waals surface area contributed by atoms with Crippen molar-refractivity contribution in [2.75, 3.05) is 13.1 Å². The summed E-state index contributed by atoms with van der Waals surface area (Å²) in [5, 5.41) is 10.1. The summed E-state index contributed by atoms with van der Waals surface area (Å²) >= 11 is 0. The first-order chi connectivity index (χ1) is 10.6. The highest BCUT2D eigenvalue weighted by molar-refractivity contribution is 5.71. The fourth-order valence-electron chi connectivity index (χ4n) is 4.13. The third kappa shape index (κ3) is 2.84. The van der Waals surface area contributed by atoms with E-state index in [1.807, 2.05) is 6.07 Å². The van der Waals surface area contributed by atoms with Crippen molar-refractivity contribution in [1.82, 2.24) is 4.90 Å². The van der Waals surface area contributed by atoms with Crippen molar-refractivity contribution in [3.05, 3.63) is 23.3 Å². The van der Waals surface area contributed by atoms with Crippen LogP contribution in [0.2, 0.25) is 0 Å². The predicted molar refractivity (Wildman–Crippen MR) is 85.2 cm³/mol. The molecule has 1 saturated heterocycles. The first-order valence-electron chi connectivity index (χ1n) is 8.36. The number of aromatic hydroxyl groups is 1. The molecule has 4 heteroatoms. The molecular weight excluding hydrogens is 278 g/mol. The Hall–Kier alpha value is -1.55. The summed E-state index contributed by atoms with van der Waals surface area (Å²) in [6.07, 6.45) is 5.54. The number of likely N-dealkylation sites (tertiary alicyclic amines) is 1. The van der Waals surface area contributed by atoms with E-state index in [0.29, 0.717) is 17.7 Å². The molecule has 0 spiro atoms. The van der Waals surface area contributed by atoms with Gasteiger partial charge in [-0.05, 0) is 62.7 Å². The SMILES string of the molecule is CCCN1CCC[C@@H]2Cc3c(ccc(O)c3OC(C)=O)C[C@H]21. The van der Waals surface area contributed by atoms with E-state index in [1.165, 1.54) is 38.3 Å². The minimum Gasteiger partial charge on any atom is -0.504 e. The summed E-state index contributed by atoms with van der Waals surface area (Å²) < 4.78 is 5.29. The number of esters is 1. The van der Waals surface area contributed by atoms with Crippen LogP contribution in [-0.4, -0.2) is 35.1 Å². The van der Waals surface area contributed by atoms with Gasteiger partial charge in [-0.3, -0.25) is 9.69 Å². The second-order valence-corrected chi connectivity index (χ2v) is 6.56. The topological polar surface area (TPSA) is 49.8 Å². The number of nitrogens with zero attached hydrogens (tertiary/aromatic N) is 1. The van der Waals surface area contributed by atoms with E-state index in [1.54, 1.807) is 6.07 Å². The summed E-state index contributed by atoms with van der Waals surface area (Å²) in [6, 6.07) is 4.24. The molecule has 3 rings (SSSR count). The standard InChI is InChI=1S/C18H25NO3/c1-3-8-19-9-4-5-14-10-15-13(11-16(14)19)6-7-17(21)18(15)22-12(2)20/h6-7,14,16,21H,3-5,8-11H2,1-2H3/t14-,16-/m1/s1. The number of fused-ring (bicyclic) bond motifs is 2. The highest BCUT2D eigenvalue weighted by Gasteiger charge is 2.36. The molecule has 0 amide bonds. The molecule has 1 aromatic carbocycles. The molecule has 1 fully saturated rings. The van der Waals surface area contributed by atoms with Crippen LogP contribution in [0.3, 0.4) is 0 Å². The quantitative estimate of drug-likeness (QED) is 0.689.